The van der Waals surface area contributed by atoms with E-state index in [0.717, 1.165) is 13.0 Å². The van der Waals surface area contributed by atoms with E-state index >= 15 is 22.0 Å². The molecule has 0 unspecified atom stereocenters. The van der Waals surface area contributed by atoms with Crippen LogP contribution in [0.2, 0.25) is 0 Å². The Balaban J connectivity index is 1.24. The number of pyridine rings is 1. The number of halogens is 5. The number of amides is 1. The van der Waals surface area contributed by atoms with Crippen molar-refractivity contribution in [2.45, 2.75) is 109 Å². The van der Waals surface area contributed by atoms with E-state index in [-0.39, 0.29) is 53.1 Å². The summed E-state index contributed by atoms with van der Waals surface area (Å²) in [5.41, 5.74) is -3.60. The van der Waals surface area contributed by atoms with Gasteiger partial charge in [-0.15, -0.1) is 0 Å². The summed E-state index contributed by atoms with van der Waals surface area (Å²) in [4.78, 5) is 37.7. The van der Waals surface area contributed by atoms with Gasteiger partial charge in [-0.2, -0.15) is 18.2 Å². The molecule has 9 rings (SSSR count). The third kappa shape index (κ3) is 8.31. The monoisotopic (exact) mass is 944 g/mol. The van der Waals surface area contributed by atoms with E-state index in [4.69, 9.17) is 28.9 Å². The molecule has 3 saturated heterocycles. The van der Waals surface area contributed by atoms with Gasteiger partial charge in [0.05, 0.1) is 49.1 Å². The number of hydrogen-bond donors (Lipinski definition) is 0. The Morgan fingerprint density at radius 3 is 2.04 bits per heavy atom. The molecule has 68 heavy (non-hydrogen) atoms. The first kappa shape index (κ1) is 46.9. The molecule has 2 aromatic heterocycles. The number of carbonyl (C=O) groups is 1. The van der Waals surface area contributed by atoms with Crippen molar-refractivity contribution >= 4 is 34.4 Å². The van der Waals surface area contributed by atoms with Gasteiger partial charge < -0.3 is 38.5 Å². The molecule has 13 nitrogen and oxygen atoms in total. The van der Waals surface area contributed by atoms with Crippen LogP contribution in [0.1, 0.15) is 69.7 Å². The molecule has 4 aliphatic heterocycles. The number of aromatic nitrogens is 3. The molecule has 0 aliphatic carbocycles. The van der Waals surface area contributed by atoms with Crippen LogP contribution < -0.4 is 28.9 Å². The fraction of sp³-hybridized carbons (Fsp3) is 0.480. The van der Waals surface area contributed by atoms with Crippen molar-refractivity contribution in [2.75, 3.05) is 62.6 Å². The number of ether oxygens (including phenoxy) is 4. The number of methoxy groups -OCH3 is 2. The molecule has 1 amide bonds. The number of piperazine rings is 1. The maximum Gasteiger partial charge on any atom is 0.417 e. The summed E-state index contributed by atoms with van der Waals surface area (Å²) >= 11 is 0. The molecule has 5 aromatic rings. The Morgan fingerprint density at radius 2 is 1.50 bits per heavy atom. The second-order valence-electron chi connectivity index (χ2n) is 19.9. The van der Waals surface area contributed by atoms with Gasteiger partial charge >= 0.3 is 12.3 Å². The van der Waals surface area contributed by atoms with Gasteiger partial charge in [0.1, 0.15) is 51.4 Å². The number of hydrogen-bond acceptors (Lipinski definition) is 12. The molecule has 6 heterocycles. The Hall–Kier alpha value is -6.17. The van der Waals surface area contributed by atoms with Gasteiger partial charge in [0, 0.05) is 38.3 Å². The van der Waals surface area contributed by atoms with Crippen molar-refractivity contribution in [3.05, 3.63) is 88.5 Å². The summed E-state index contributed by atoms with van der Waals surface area (Å²) in [7, 11) is 6.99. The zero-order valence-electron chi connectivity index (χ0n) is 40.0. The minimum Gasteiger partial charge on any atom is -0.497 e. The van der Waals surface area contributed by atoms with Gasteiger partial charge in [0.25, 0.3) is 0 Å². The highest BCUT2D eigenvalue weighted by molar-refractivity contribution is 5.98. The lowest BCUT2D eigenvalue weighted by Gasteiger charge is -2.52. The molecule has 0 N–H and O–H groups in total. The molecule has 0 spiro atoms. The number of carbonyl (C=O) groups excluding carboxylic acids is 1. The van der Waals surface area contributed by atoms with Crippen LogP contribution >= 0.6 is 0 Å². The Labute approximate surface area is 392 Å². The van der Waals surface area contributed by atoms with E-state index in [2.05, 4.69) is 16.8 Å². The maximum atomic E-state index is 18.0. The standard InChI is InChI=1S/C50H57F5N8O5/c1-27-38(50(53,54)55)34(21-36(39(27)51)60(22-29-11-16-32(65-9)17-12-29)23-30-13-18-33(66-10)19-14-30)41-40(52)42-37-44(58-46(57-42)61-25-49(6,26-61)59(7)8)62-24-31-15-20-35(43(62)28(2)67-45(37)56-41)63(31)47(64)68-48(3,4)5/h11-14,16-19,21,28,31,35,43H,15,20,22-26H2,1-10H3/t28-,31+,35-,43+/m0/s1. The summed E-state index contributed by atoms with van der Waals surface area (Å²) < 4.78 is 105. The van der Waals surface area contributed by atoms with Crippen LogP contribution in [0, 0.1) is 18.6 Å². The quantitative estimate of drug-likeness (QED) is 0.125. The average molecular weight is 945 g/mol. The first-order valence-corrected chi connectivity index (χ1v) is 22.8. The molecule has 0 radical (unpaired) electrons. The SMILES string of the molecule is COc1ccc(CN(Cc2ccc(OC)cc2)c2cc(-c3nc4c5c(nc(N6CC(C)(N(C)C)C6)nc5c3F)N3C[C@H]5CC[C@@H]([C@H]3[C@H](C)O4)N5C(=O)OC(C)(C)C)c(C(F)(F)F)c(C)c2F)cc1. The minimum absolute atomic E-state index is 0.0536. The number of fused-ring (bicyclic) bond motifs is 5. The molecule has 362 valence electrons. The number of alkyl halides is 3. The summed E-state index contributed by atoms with van der Waals surface area (Å²) in [5, 5.41) is 0.0959. The fourth-order valence-corrected chi connectivity index (χ4v) is 10.2. The molecule has 2 bridgehead atoms. The van der Waals surface area contributed by atoms with Crippen LogP contribution in [0.4, 0.5) is 44.2 Å². The smallest absolute Gasteiger partial charge is 0.417 e. The first-order valence-electron chi connectivity index (χ1n) is 22.8. The van der Waals surface area contributed by atoms with Crippen LogP contribution in [0.25, 0.3) is 22.2 Å². The van der Waals surface area contributed by atoms with Crippen LogP contribution in [0.3, 0.4) is 0 Å². The van der Waals surface area contributed by atoms with Crippen molar-refractivity contribution in [1.29, 1.82) is 0 Å². The number of likely N-dealkylation sites (N-methyl/N-ethyl adjacent to an activating group) is 1. The Kier molecular flexibility index (Phi) is 11.8. The highest BCUT2D eigenvalue weighted by Gasteiger charge is 2.54. The topological polar surface area (TPSA) is 109 Å². The number of anilines is 3. The molecule has 0 saturated carbocycles. The van der Waals surface area contributed by atoms with E-state index in [1.165, 1.54) is 14.2 Å². The number of rotatable bonds is 10. The Morgan fingerprint density at radius 1 is 0.897 bits per heavy atom. The predicted octanol–water partition coefficient (Wildman–Crippen LogP) is 9.40. The van der Waals surface area contributed by atoms with Gasteiger partial charge in [-0.3, -0.25) is 4.90 Å². The molecule has 3 aromatic carbocycles. The second-order valence-corrected chi connectivity index (χ2v) is 19.9. The van der Waals surface area contributed by atoms with E-state index in [9.17, 15) is 4.79 Å². The van der Waals surface area contributed by atoms with Gasteiger partial charge in [0.2, 0.25) is 11.8 Å². The van der Waals surface area contributed by atoms with Crippen molar-refractivity contribution < 1.29 is 45.7 Å². The average Bonchev–Trinajstić information content (AvgIpc) is 3.52. The zero-order chi connectivity index (χ0) is 48.8. The highest BCUT2D eigenvalue weighted by Crippen LogP contribution is 2.50. The normalized spacial score (nSPS) is 20.7. The molecular formula is C50H57F5N8O5. The summed E-state index contributed by atoms with van der Waals surface area (Å²) in [5.74, 6) is -0.779. The van der Waals surface area contributed by atoms with Crippen LogP contribution in [-0.4, -0.2) is 114 Å². The van der Waals surface area contributed by atoms with Crippen molar-refractivity contribution in [3.8, 4) is 28.6 Å². The number of nitrogens with zero attached hydrogens (tertiary/aromatic N) is 8. The maximum absolute atomic E-state index is 18.0. The number of benzene rings is 3. The first-order chi connectivity index (χ1) is 32.1. The lowest BCUT2D eigenvalue weighted by Crippen LogP contribution is -2.67. The van der Waals surface area contributed by atoms with Crippen molar-refractivity contribution in [1.82, 2.24) is 24.8 Å². The van der Waals surface area contributed by atoms with Gasteiger partial charge in [0.15, 0.2) is 5.82 Å². The zero-order valence-corrected chi connectivity index (χ0v) is 40.0. The van der Waals surface area contributed by atoms with E-state index in [1.54, 1.807) is 86.0 Å². The molecule has 4 aliphatic rings. The van der Waals surface area contributed by atoms with E-state index in [0.29, 0.717) is 60.9 Å². The van der Waals surface area contributed by atoms with E-state index in [1.807, 2.05) is 23.9 Å². The molecule has 4 atom stereocenters. The Bertz CT molecular complexity index is 2690. The molecule has 18 heteroatoms. The molecular weight excluding hydrogens is 888 g/mol. The van der Waals surface area contributed by atoms with Crippen LogP contribution in [0.5, 0.6) is 17.4 Å². The van der Waals surface area contributed by atoms with Crippen molar-refractivity contribution in [3.63, 3.8) is 0 Å². The van der Waals surface area contributed by atoms with Crippen LogP contribution in [-0.2, 0) is 24.0 Å². The minimum atomic E-state index is -5.15. The summed E-state index contributed by atoms with van der Waals surface area (Å²) in [6, 6.07) is 13.9. The lowest BCUT2D eigenvalue weighted by atomic mass is 9.91. The third-order valence-electron chi connectivity index (χ3n) is 13.9. The van der Waals surface area contributed by atoms with E-state index < -0.39 is 70.1 Å². The lowest BCUT2D eigenvalue weighted by molar-refractivity contribution is -0.137. The predicted molar refractivity (Wildman–Crippen MR) is 249 cm³/mol. The second kappa shape index (κ2) is 17.1. The van der Waals surface area contributed by atoms with Crippen molar-refractivity contribution in [2.24, 2.45) is 0 Å². The summed E-state index contributed by atoms with van der Waals surface area (Å²) in [6.45, 7) is 11.7. The largest absolute Gasteiger partial charge is 0.497 e. The fourth-order valence-electron chi connectivity index (χ4n) is 10.2. The van der Waals surface area contributed by atoms with Gasteiger partial charge in [-0.25, -0.2) is 23.5 Å². The highest BCUT2D eigenvalue weighted by atomic mass is 19.4. The van der Waals surface area contributed by atoms with Crippen LogP contribution in [0.15, 0.2) is 54.6 Å². The molecule has 3 fully saturated rings. The summed E-state index contributed by atoms with van der Waals surface area (Å²) in [6.07, 6.45) is -5.06. The van der Waals surface area contributed by atoms with Gasteiger partial charge in [-0.1, -0.05) is 24.3 Å². The third-order valence-corrected chi connectivity index (χ3v) is 13.9. The van der Waals surface area contributed by atoms with Gasteiger partial charge in [-0.05, 0) is 116 Å².